The van der Waals surface area contributed by atoms with Gasteiger partial charge in [0, 0.05) is 17.3 Å². The maximum Gasteiger partial charge on any atom is 0.335 e. The summed E-state index contributed by atoms with van der Waals surface area (Å²) in [7, 11) is 0. The molecule has 172 valence electrons. The molecule has 2 aromatic carbocycles. The Hall–Kier alpha value is -3.82. The Morgan fingerprint density at radius 2 is 1.85 bits per heavy atom. The largest absolute Gasteiger partial charge is 0.478 e. The number of thioether (sulfide) groups is 1. The first kappa shape index (κ1) is 23.3. The summed E-state index contributed by atoms with van der Waals surface area (Å²) in [5.41, 5.74) is 2.02. The van der Waals surface area contributed by atoms with Gasteiger partial charge >= 0.3 is 5.97 Å². The number of hydrogen-bond donors (Lipinski definition) is 2. The molecule has 1 saturated heterocycles. The van der Waals surface area contributed by atoms with E-state index < -0.39 is 29.6 Å². The molecule has 1 aliphatic rings. The number of hydrogen-bond acceptors (Lipinski definition) is 6. The van der Waals surface area contributed by atoms with Crippen molar-refractivity contribution >= 4 is 58.1 Å². The molecular formula is C24H17ClN2O6S. The molecule has 10 heteroatoms. The zero-order valence-electron chi connectivity index (χ0n) is 17.7. The average Bonchev–Trinajstić information content (AvgIpc) is 3.35. The number of nitrogens with zero attached hydrogens (tertiary/aromatic N) is 1. The van der Waals surface area contributed by atoms with Gasteiger partial charge in [-0.1, -0.05) is 29.3 Å². The number of benzene rings is 2. The fraction of sp³-hybridized carbons (Fsp3) is 0.0833. The molecule has 3 aromatic rings. The zero-order chi connectivity index (χ0) is 24.4. The summed E-state index contributed by atoms with van der Waals surface area (Å²) >= 11 is 6.87. The molecule has 0 saturated carbocycles. The first-order valence-corrected chi connectivity index (χ1v) is 11.2. The summed E-state index contributed by atoms with van der Waals surface area (Å²) in [6, 6.07) is 14.5. The zero-order valence-corrected chi connectivity index (χ0v) is 19.3. The topological polar surface area (TPSA) is 117 Å². The average molecular weight is 497 g/mol. The van der Waals surface area contributed by atoms with E-state index in [4.69, 9.17) is 16.0 Å². The van der Waals surface area contributed by atoms with Crippen LogP contribution < -0.4 is 5.32 Å². The SMILES string of the molecule is Cc1ccc(NC(=O)CN2C(=O)S/C(=C\c3ccc(-c4cc(C(=O)O)ccc4Cl)o3)C2=O)cc1. The number of amides is 3. The molecule has 0 spiro atoms. The first-order valence-electron chi connectivity index (χ1n) is 9.96. The molecular weight excluding hydrogens is 480 g/mol. The number of carbonyl (C=O) groups is 4. The highest BCUT2D eigenvalue weighted by atomic mass is 35.5. The van der Waals surface area contributed by atoms with E-state index in [0.717, 1.165) is 10.5 Å². The monoisotopic (exact) mass is 496 g/mol. The van der Waals surface area contributed by atoms with Crippen molar-refractivity contribution in [1.29, 1.82) is 0 Å². The van der Waals surface area contributed by atoms with E-state index in [2.05, 4.69) is 5.32 Å². The van der Waals surface area contributed by atoms with Crippen LogP contribution in [0, 0.1) is 6.92 Å². The van der Waals surface area contributed by atoms with Crippen LogP contribution in [0.15, 0.2) is 63.9 Å². The maximum atomic E-state index is 12.7. The van der Waals surface area contributed by atoms with E-state index in [9.17, 15) is 24.3 Å². The second kappa shape index (κ2) is 9.58. The number of carboxylic acid groups (broad SMARTS) is 1. The maximum absolute atomic E-state index is 12.7. The minimum absolute atomic E-state index is 0.0439. The van der Waals surface area contributed by atoms with Crippen LogP contribution in [0.1, 0.15) is 21.7 Å². The Balaban J connectivity index is 1.48. The van der Waals surface area contributed by atoms with Crippen LogP contribution >= 0.6 is 23.4 Å². The number of carbonyl (C=O) groups excluding carboxylic acids is 3. The lowest BCUT2D eigenvalue weighted by Crippen LogP contribution is -2.36. The number of imide groups is 1. The normalized spacial score (nSPS) is 14.6. The van der Waals surface area contributed by atoms with Crippen LogP contribution in [0.3, 0.4) is 0 Å². The molecule has 2 heterocycles. The molecule has 4 rings (SSSR count). The lowest BCUT2D eigenvalue weighted by atomic mass is 10.1. The molecule has 1 aliphatic heterocycles. The van der Waals surface area contributed by atoms with Gasteiger partial charge in [0.2, 0.25) is 5.91 Å². The van der Waals surface area contributed by atoms with E-state index in [0.29, 0.717) is 33.8 Å². The number of halogens is 1. The van der Waals surface area contributed by atoms with Crippen molar-refractivity contribution in [1.82, 2.24) is 4.90 Å². The lowest BCUT2D eigenvalue weighted by Gasteiger charge is -2.12. The van der Waals surface area contributed by atoms with Crippen LogP contribution in [-0.2, 0) is 9.59 Å². The van der Waals surface area contributed by atoms with Gasteiger partial charge < -0.3 is 14.8 Å². The van der Waals surface area contributed by atoms with Gasteiger partial charge in [-0.15, -0.1) is 0 Å². The lowest BCUT2D eigenvalue weighted by molar-refractivity contribution is -0.127. The minimum Gasteiger partial charge on any atom is -0.478 e. The van der Waals surface area contributed by atoms with E-state index in [-0.39, 0.29) is 16.2 Å². The third-order valence-electron chi connectivity index (χ3n) is 4.89. The number of nitrogens with one attached hydrogen (secondary N) is 1. The van der Waals surface area contributed by atoms with E-state index in [1.807, 2.05) is 19.1 Å². The van der Waals surface area contributed by atoms with Gasteiger partial charge in [0.25, 0.3) is 11.1 Å². The summed E-state index contributed by atoms with van der Waals surface area (Å²) in [5, 5.41) is 11.6. The molecule has 8 nitrogen and oxygen atoms in total. The van der Waals surface area contributed by atoms with E-state index in [1.165, 1.54) is 24.3 Å². The third-order valence-corrected chi connectivity index (χ3v) is 6.13. The van der Waals surface area contributed by atoms with Crippen LogP contribution in [0.4, 0.5) is 10.5 Å². The quantitative estimate of drug-likeness (QED) is 0.446. The van der Waals surface area contributed by atoms with Gasteiger partial charge in [0.1, 0.15) is 18.1 Å². The smallest absolute Gasteiger partial charge is 0.335 e. The Morgan fingerprint density at radius 1 is 1.12 bits per heavy atom. The summed E-state index contributed by atoms with van der Waals surface area (Å²) < 4.78 is 5.71. The Kier molecular flexibility index (Phi) is 6.58. The van der Waals surface area contributed by atoms with Crippen molar-refractivity contribution in [2.75, 3.05) is 11.9 Å². The molecule has 3 amide bonds. The molecule has 0 radical (unpaired) electrons. The molecule has 1 fully saturated rings. The highest BCUT2D eigenvalue weighted by molar-refractivity contribution is 8.18. The fourth-order valence-corrected chi connectivity index (χ4v) is 4.20. The van der Waals surface area contributed by atoms with Gasteiger partial charge in [0.15, 0.2) is 0 Å². The van der Waals surface area contributed by atoms with Crippen molar-refractivity contribution in [3.8, 4) is 11.3 Å². The fourth-order valence-electron chi connectivity index (χ4n) is 3.17. The number of rotatable bonds is 6. The summed E-state index contributed by atoms with van der Waals surface area (Å²) in [4.78, 5) is 49.6. The van der Waals surface area contributed by atoms with Crippen LogP contribution in [0.5, 0.6) is 0 Å². The Bertz CT molecular complexity index is 1350. The highest BCUT2D eigenvalue weighted by Gasteiger charge is 2.36. The molecule has 0 bridgehead atoms. The number of carboxylic acids is 1. The van der Waals surface area contributed by atoms with Gasteiger partial charge in [-0.2, -0.15) is 0 Å². The summed E-state index contributed by atoms with van der Waals surface area (Å²) in [6.07, 6.45) is 1.39. The van der Waals surface area contributed by atoms with Crippen molar-refractivity contribution in [2.24, 2.45) is 0 Å². The number of anilines is 1. The van der Waals surface area contributed by atoms with Crippen molar-refractivity contribution in [3.05, 3.63) is 81.4 Å². The van der Waals surface area contributed by atoms with Crippen LogP contribution in [0.25, 0.3) is 17.4 Å². The summed E-state index contributed by atoms with van der Waals surface area (Å²) in [5.74, 6) is -1.65. The predicted octanol–water partition coefficient (Wildman–Crippen LogP) is 5.28. The minimum atomic E-state index is -1.11. The van der Waals surface area contributed by atoms with Gasteiger partial charge in [-0.25, -0.2) is 4.79 Å². The van der Waals surface area contributed by atoms with Crippen LogP contribution in [-0.4, -0.2) is 39.6 Å². The number of aromatic carboxylic acids is 1. The molecule has 0 aliphatic carbocycles. The van der Waals surface area contributed by atoms with E-state index >= 15 is 0 Å². The van der Waals surface area contributed by atoms with E-state index in [1.54, 1.807) is 24.3 Å². The van der Waals surface area contributed by atoms with Crippen molar-refractivity contribution < 1.29 is 28.7 Å². The molecule has 0 unspecified atom stereocenters. The van der Waals surface area contributed by atoms with Crippen molar-refractivity contribution in [2.45, 2.75) is 6.92 Å². The Labute approximate surface area is 203 Å². The van der Waals surface area contributed by atoms with Gasteiger partial charge in [-0.05, 0) is 61.2 Å². The standard InChI is InChI=1S/C24H17ClN2O6S/c1-13-2-5-15(6-3-13)26-21(28)12-27-22(29)20(34-24(27)32)11-16-7-9-19(33-16)17-10-14(23(30)31)4-8-18(17)25/h2-11H,12H2,1H3,(H,26,28)(H,30,31)/b20-11-. The second-order valence-corrected chi connectivity index (χ2v) is 8.78. The second-order valence-electron chi connectivity index (χ2n) is 7.38. The highest BCUT2D eigenvalue weighted by Crippen LogP contribution is 2.35. The molecule has 2 N–H and O–H groups in total. The van der Waals surface area contributed by atoms with Crippen molar-refractivity contribution in [3.63, 3.8) is 0 Å². The third kappa shape index (κ3) is 5.05. The summed E-state index contributed by atoms with van der Waals surface area (Å²) in [6.45, 7) is 1.50. The van der Waals surface area contributed by atoms with Crippen LogP contribution in [0.2, 0.25) is 5.02 Å². The van der Waals surface area contributed by atoms with Gasteiger partial charge in [0.05, 0.1) is 15.5 Å². The number of aryl methyl sites for hydroxylation is 1. The molecule has 0 atom stereocenters. The first-order chi connectivity index (χ1) is 16.2. The Morgan fingerprint density at radius 3 is 2.56 bits per heavy atom. The molecule has 1 aromatic heterocycles. The molecule has 34 heavy (non-hydrogen) atoms. The predicted molar refractivity (Wildman–Crippen MR) is 129 cm³/mol. The van der Waals surface area contributed by atoms with Gasteiger partial charge in [-0.3, -0.25) is 19.3 Å². The number of furan rings is 1.